The number of carbonyl (C=O) groups excluding carboxylic acids is 2. The molecule has 1 fully saturated rings. The van der Waals surface area contributed by atoms with Crippen molar-refractivity contribution in [1.82, 2.24) is 4.90 Å². The topological polar surface area (TPSA) is 90.7 Å². The zero-order valence-electron chi connectivity index (χ0n) is 16.0. The van der Waals surface area contributed by atoms with Gasteiger partial charge < -0.3 is 20.2 Å². The van der Waals surface area contributed by atoms with Gasteiger partial charge in [-0.25, -0.2) is 0 Å². The molecule has 0 spiro atoms. The van der Waals surface area contributed by atoms with Crippen molar-refractivity contribution in [3.63, 3.8) is 0 Å². The van der Waals surface area contributed by atoms with Gasteiger partial charge >= 0.3 is 0 Å². The maximum absolute atomic E-state index is 12.7. The molecule has 0 saturated carbocycles. The third-order valence-electron chi connectivity index (χ3n) is 4.97. The van der Waals surface area contributed by atoms with Crippen molar-refractivity contribution in [3.05, 3.63) is 83.6 Å². The van der Waals surface area contributed by atoms with E-state index in [2.05, 4.69) is 24.3 Å². The summed E-state index contributed by atoms with van der Waals surface area (Å²) >= 11 is 0. The van der Waals surface area contributed by atoms with Gasteiger partial charge in [-0.2, -0.15) is 0 Å². The summed E-state index contributed by atoms with van der Waals surface area (Å²) in [5.74, 6) is -2.12. The Bertz CT molecular complexity index is 841. The first-order valence-electron chi connectivity index (χ1n) is 9.57. The molecule has 2 N–H and O–H groups in total. The van der Waals surface area contributed by atoms with Crippen LogP contribution in [0.3, 0.4) is 0 Å². The summed E-state index contributed by atoms with van der Waals surface area (Å²) in [7, 11) is 0. The molecule has 2 aromatic rings. The molecule has 0 bridgehead atoms. The maximum atomic E-state index is 12.7. The largest absolute Gasteiger partial charge is 0.504 e. The number of hydrogen-bond acceptors (Lipinski definition) is 5. The Hall–Kier alpha value is -3.25. The first-order chi connectivity index (χ1) is 14.1. The number of nitrogens with one attached hydrogen (secondary N) is 1. The molecule has 1 atom stereocenters. The van der Waals surface area contributed by atoms with E-state index in [-0.39, 0.29) is 5.92 Å². The van der Waals surface area contributed by atoms with Gasteiger partial charge in [0.25, 0.3) is 5.91 Å². The molecule has 1 heterocycles. The lowest BCUT2D eigenvalue weighted by atomic mass is 9.87. The normalized spacial score (nSPS) is 17.2. The number of amides is 1. The van der Waals surface area contributed by atoms with Crippen LogP contribution in [0.4, 0.5) is 0 Å². The fraction of sp³-hybridized carbons (Fsp3) is 0.261. The van der Waals surface area contributed by atoms with Crippen LogP contribution >= 0.6 is 0 Å². The Morgan fingerprint density at radius 2 is 1.69 bits per heavy atom. The van der Waals surface area contributed by atoms with E-state index in [0.717, 1.165) is 17.2 Å². The van der Waals surface area contributed by atoms with Crippen LogP contribution in [-0.4, -0.2) is 47.3 Å². The zero-order valence-corrected chi connectivity index (χ0v) is 16.0. The molecule has 1 saturated heterocycles. The quantitative estimate of drug-likeness (QED) is 0.429. The second-order valence-corrected chi connectivity index (χ2v) is 6.86. The molecular weight excluding hydrogens is 368 g/mol. The van der Waals surface area contributed by atoms with Crippen molar-refractivity contribution >= 4 is 17.9 Å². The predicted octanol–water partition coefficient (Wildman–Crippen LogP) is 3.44. The van der Waals surface area contributed by atoms with Gasteiger partial charge in [0.1, 0.15) is 6.23 Å². The highest BCUT2D eigenvalue weighted by atomic mass is 16.5. The van der Waals surface area contributed by atoms with E-state index in [1.165, 1.54) is 4.90 Å². The van der Waals surface area contributed by atoms with Crippen molar-refractivity contribution in [3.8, 4) is 0 Å². The molecule has 1 aliphatic heterocycles. The van der Waals surface area contributed by atoms with Gasteiger partial charge in [0.2, 0.25) is 5.78 Å². The third-order valence-corrected chi connectivity index (χ3v) is 4.97. The molecule has 6 heteroatoms. The number of rotatable bonds is 7. The molecule has 1 aliphatic rings. The third kappa shape index (κ3) is 5.18. The highest BCUT2D eigenvalue weighted by molar-refractivity contribution is 6.33. The monoisotopic (exact) mass is 392 g/mol. The van der Waals surface area contributed by atoms with E-state index in [9.17, 15) is 14.7 Å². The Labute approximate surface area is 169 Å². The molecule has 1 amide bonds. The van der Waals surface area contributed by atoms with Gasteiger partial charge in [-0.15, -0.1) is 0 Å². The number of ether oxygens (including phenoxy) is 1. The highest BCUT2D eigenvalue weighted by Gasteiger charge is 2.30. The summed E-state index contributed by atoms with van der Waals surface area (Å²) in [5.41, 5.74) is 2.25. The summed E-state index contributed by atoms with van der Waals surface area (Å²) in [5, 5.41) is 16.6. The van der Waals surface area contributed by atoms with Crippen molar-refractivity contribution in [1.29, 1.82) is 5.41 Å². The van der Waals surface area contributed by atoms with Gasteiger partial charge in [0.15, 0.2) is 5.76 Å². The summed E-state index contributed by atoms with van der Waals surface area (Å²) in [6.07, 6.45) is 2.09. The van der Waals surface area contributed by atoms with E-state index in [1.54, 1.807) is 0 Å². The number of allylic oxidation sites excluding steroid dienone is 1. The van der Waals surface area contributed by atoms with Crippen LogP contribution in [0.2, 0.25) is 0 Å². The first-order valence-corrected chi connectivity index (χ1v) is 9.57. The summed E-state index contributed by atoms with van der Waals surface area (Å²) in [6.45, 7) is 1.02. The minimum atomic E-state index is -0.903. The van der Waals surface area contributed by atoms with Crippen LogP contribution in [0.15, 0.2) is 72.5 Å². The van der Waals surface area contributed by atoms with E-state index in [1.807, 2.05) is 36.4 Å². The Balaban J connectivity index is 1.86. The van der Waals surface area contributed by atoms with Gasteiger partial charge in [0, 0.05) is 25.0 Å². The smallest absolute Gasteiger partial charge is 0.252 e. The molecule has 1 unspecified atom stereocenters. The molecule has 29 heavy (non-hydrogen) atoms. The number of ketones is 1. The lowest BCUT2D eigenvalue weighted by Gasteiger charge is -2.37. The summed E-state index contributed by atoms with van der Waals surface area (Å²) in [6, 6.07) is 20.1. The number of hydrogen-bond donors (Lipinski definition) is 2. The van der Waals surface area contributed by atoms with E-state index >= 15 is 0 Å². The van der Waals surface area contributed by atoms with Crippen LogP contribution in [-0.2, 0) is 14.3 Å². The Morgan fingerprint density at radius 3 is 2.24 bits per heavy atom. The highest BCUT2D eigenvalue weighted by Crippen LogP contribution is 2.32. The first kappa shape index (κ1) is 20.5. The standard InChI is InChI=1S/C23H24N2O4/c24-16-21(27)20(26)15-22(28)25-12-7-13-29-23(25)14-19(17-8-3-1-4-9-17)18-10-5-2-6-11-18/h1-6,8-11,15-16,19,23-24,26H,7,12-14H2/b20-15-,24-16?. The van der Waals surface area contributed by atoms with Gasteiger partial charge in [-0.1, -0.05) is 60.7 Å². The predicted molar refractivity (Wildman–Crippen MR) is 110 cm³/mol. The molecule has 150 valence electrons. The molecule has 2 aromatic carbocycles. The lowest BCUT2D eigenvalue weighted by molar-refractivity contribution is -0.151. The molecule has 6 nitrogen and oxygen atoms in total. The average molecular weight is 392 g/mol. The lowest BCUT2D eigenvalue weighted by Crippen LogP contribution is -2.46. The average Bonchev–Trinajstić information content (AvgIpc) is 2.78. The fourth-order valence-electron chi connectivity index (χ4n) is 3.52. The summed E-state index contributed by atoms with van der Waals surface area (Å²) < 4.78 is 5.92. The van der Waals surface area contributed by atoms with Crippen LogP contribution < -0.4 is 0 Å². The minimum absolute atomic E-state index is 0.0246. The molecule has 0 aliphatic carbocycles. The van der Waals surface area contributed by atoms with Crippen LogP contribution in [0.5, 0.6) is 0 Å². The van der Waals surface area contributed by atoms with Crippen molar-refractivity contribution in [2.24, 2.45) is 0 Å². The van der Waals surface area contributed by atoms with E-state index in [0.29, 0.717) is 32.2 Å². The fourth-order valence-corrected chi connectivity index (χ4v) is 3.52. The molecular formula is C23H24N2O4. The maximum Gasteiger partial charge on any atom is 0.252 e. The number of carbonyl (C=O) groups is 2. The van der Waals surface area contributed by atoms with Crippen LogP contribution in [0, 0.1) is 5.41 Å². The molecule has 0 radical (unpaired) electrons. The second-order valence-electron chi connectivity index (χ2n) is 6.86. The zero-order chi connectivity index (χ0) is 20.6. The van der Waals surface area contributed by atoms with Gasteiger partial charge in [-0.3, -0.25) is 9.59 Å². The Morgan fingerprint density at radius 1 is 1.10 bits per heavy atom. The van der Waals surface area contributed by atoms with Crippen LogP contribution in [0.25, 0.3) is 0 Å². The second kappa shape index (κ2) is 9.80. The van der Waals surface area contributed by atoms with Gasteiger partial charge in [-0.05, 0) is 17.5 Å². The number of nitrogens with zero attached hydrogens (tertiary/aromatic N) is 1. The SMILES string of the molecule is N=CC(=O)/C(O)=C/C(=O)N1CCCOC1CC(c1ccccc1)c1ccccc1. The Kier molecular flexibility index (Phi) is 6.92. The number of Topliss-reactive ketones (excluding diaryl/α,β-unsaturated/α-hetero) is 1. The summed E-state index contributed by atoms with van der Waals surface area (Å²) in [4.78, 5) is 25.6. The van der Waals surface area contributed by atoms with Gasteiger partial charge in [0.05, 0.1) is 12.8 Å². The number of benzene rings is 2. The minimum Gasteiger partial charge on any atom is -0.504 e. The van der Waals surface area contributed by atoms with Crippen molar-refractivity contribution in [2.75, 3.05) is 13.2 Å². The van der Waals surface area contributed by atoms with Crippen molar-refractivity contribution in [2.45, 2.75) is 25.0 Å². The van der Waals surface area contributed by atoms with Crippen LogP contribution in [0.1, 0.15) is 29.9 Å². The number of aliphatic hydroxyl groups excluding tert-OH is 1. The van der Waals surface area contributed by atoms with E-state index in [4.69, 9.17) is 10.1 Å². The molecule has 0 aromatic heterocycles. The van der Waals surface area contributed by atoms with Crippen molar-refractivity contribution < 1.29 is 19.4 Å². The number of aliphatic hydroxyl groups is 1. The molecule has 3 rings (SSSR count). The van der Waals surface area contributed by atoms with E-state index < -0.39 is 23.7 Å².